The third-order valence-electron chi connectivity index (χ3n) is 5.72. The summed E-state index contributed by atoms with van der Waals surface area (Å²) in [6.45, 7) is 6.31. The number of pyridine rings is 1. The van der Waals surface area contributed by atoms with E-state index in [1.165, 1.54) is 11.1 Å². The zero-order valence-corrected chi connectivity index (χ0v) is 19.7. The van der Waals surface area contributed by atoms with Gasteiger partial charge in [0.25, 0.3) is 11.8 Å². The highest BCUT2D eigenvalue weighted by Gasteiger charge is 2.23. The molecule has 0 saturated carbocycles. The van der Waals surface area contributed by atoms with Gasteiger partial charge in [-0.25, -0.2) is 4.98 Å². The van der Waals surface area contributed by atoms with Gasteiger partial charge in [-0.15, -0.1) is 0 Å². The Bertz CT molecular complexity index is 1380. The zero-order chi connectivity index (χ0) is 23.9. The molecule has 4 aromatic rings. The first kappa shape index (κ1) is 22.2. The van der Waals surface area contributed by atoms with Crippen LogP contribution in [0, 0.1) is 13.8 Å². The quantitative estimate of drug-likeness (QED) is 0.508. The highest BCUT2D eigenvalue weighted by molar-refractivity contribution is 6.14. The van der Waals surface area contributed by atoms with Gasteiger partial charge in [0.2, 0.25) is 0 Å². The topological polar surface area (TPSA) is 97.9 Å². The molecule has 0 aliphatic carbocycles. The van der Waals surface area contributed by atoms with Gasteiger partial charge in [-0.1, -0.05) is 18.2 Å². The van der Waals surface area contributed by atoms with Crippen LogP contribution in [-0.4, -0.2) is 55.4 Å². The van der Waals surface area contributed by atoms with Crippen molar-refractivity contribution < 1.29 is 9.59 Å². The molecule has 170 valence electrons. The van der Waals surface area contributed by atoms with Crippen LogP contribution in [0.2, 0.25) is 0 Å². The standard InChI is InChI=1S/C24H27N7O2/c1-7-31-22(24(33)29(4)5)20(13-25-31)27-23(32)17-12-19(21-14(2)28-30(6)15(21)3)26-18-11-9-8-10-16(17)18/h8-13H,7H2,1-6H3,(H,27,32). The Morgan fingerprint density at radius 3 is 2.52 bits per heavy atom. The molecule has 0 bridgehead atoms. The lowest BCUT2D eigenvalue weighted by atomic mass is 10.0. The lowest BCUT2D eigenvalue weighted by molar-refractivity contribution is 0.0816. The molecule has 4 rings (SSSR count). The van der Waals surface area contributed by atoms with Gasteiger partial charge in [0.15, 0.2) is 0 Å². The van der Waals surface area contributed by atoms with Crippen LogP contribution in [0.4, 0.5) is 5.69 Å². The summed E-state index contributed by atoms with van der Waals surface area (Å²) in [5.74, 6) is -0.566. The van der Waals surface area contributed by atoms with Crippen molar-refractivity contribution in [3.63, 3.8) is 0 Å². The third-order valence-corrected chi connectivity index (χ3v) is 5.72. The van der Waals surface area contributed by atoms with Crippen molar-refractivity contribution >= 4 is 28.4 Å². The van der Waals surface area contributed by atoms with Gasteiger partial charge in [0, 0.05) is 44.3 Å². The second kappa shape index (κ2) is 8.50. The van der Waals surface area contributed by atoms with Crippen molar-refractivity contribution in [2.45, 2.75) is 27.3 Å². The van der Waals surface area contributed by atoms with Gasteiger partial charge in [-0.2, -0.15) is 10.2 Å². The number of hydrogen-bond acceptors (Lipinski definition) is 5. The van der Waals surface area contributed by atoms with Crippen molar-refractivity contribution in [1.82, 2.24) is 29.4 Å². The number of nitrogens with zero attached hydrogens (tertiary/aromatic N) is 6. The highest BCUT2D eigenvalue weighted by atomic mass is 16.2. The van der Waals surface area contributed by atoms with Gasteiger partial charge in [0.1, 0.15) is 5.69 Å². The molecule has 9 nitrogen and oxygen atoms in total. The number of amides is 2. The average molecular weight is 446 g/mol. The number of aromatic nitrogens is 5. The molecular weight excluding hydrogens is 418 g/mol. The zero-order valence-electron chi connectivity index (χ0n) is 19.7. The summed E-state index contributed by atoms with van der Waals surface area (Å²) in [5, 5.41) is 12.4. The van der Waals surface area contributed by atoms with Crippen molar-refractivity contribution in [3.8, 4) is 11.3 Å². The molecule has 0 radical (unpaired) electrons. The molecule has 3 aromatic heterocycles. The van der Waals surface area contributed by atoms with Crippen molar-refractivity contribution in [1.29, 1.82) is 0 Å². The fourth-order valence-corrected chi connectivity index (χ4v) is 3.98. The first-order valence-electron chi connectivity index (χ1n) is 10.7. The second-order valence-electron chi connectivity index (χ2n) is 8.12. The number of aryl methyl sites for hydroxylation is 3. The second-order valence-corrected chi connectivity index (χ2v) is 8.12. The minimum absolute atomic E-state index is 0.230. The van der Waals surface area contributed by atoms with E-state index in [0.29, 0.717) is 34.7 Å². The maximum Gasteiger partial charge on any atom is 0.273 e. The first-order chi connectivity index (χ1) is 15.7. The van der Waals surface area contributed by atoms with Gasteiger partial charge >= 0.3 is 0 Å². The lowest BCUT2D eigenvalue weighted by Gasteiger charge is -2.14. The smallest absolute Gasteiger partial charge is 0.273 e. The Hall–Kier alpha value is -4.01. The molecule has 9 heteroatoms. The van der Waals surface area contributed by atoms with Gasteiger partial charge in [-0.05, 0) is 32.9 Å². The number of fused-ring (bicyclic) bond motifs is 1. The number of anilines is 1. The van der Waals surface area contributed by atoms with Gasteiger partial charge in [0.05, 0.1) is 34.4 Å². The molecule has 0 saturated heterocycles. The Morgan fingerprint density at radius 1 is 1.15 bits per heavy atom. The van der Waals surface area contributed by atoms with Gasteiger partial charge in [-0.3, -0.25) is 19.0 Å². The van der Waals surface area contributed by atoms with Crippen LogP contribution in [0.25, 0.3) is 22.2 Å². The summed E-state index contributed by atoms with van der Waals surface area (Å²) in [4.78, 5) is 32.5. The van der Waals surface area contributed by atoms with Crippen LogP contribution in [0.1, 0.15) is 39.2 Å². The van der Waals surface area contributed by atoms with E-state index in [-0.39, 0.29) is 11.8 Å². The third kappa shape index (κ3) is 3.86. The van der Waals surface area contributed by atoms with Crippen LogP contribution >= 0.6 is 0 Å². The molecule has 2 amide bonds. The molecule has 1 N–H and O–H groups in total. The molecule has 3 heterocycles. The van der Waals surface area contributed by atoms with E-state index in [4.69, 9.17) is 4.98 Å². The summed E-state index contributed by atoms with van der Waals surface area (Å²) < 4.78 is 3.38. The number of nitrogens with one attached hydrogen (secondary N) is 1. The summed E-state index contributed by atoms with van der Waals surface area (Å²) in [7, 11) is 5.22. The number of rotatable bonds is 5. The maximum atomic E-state index is 13.5. The number of para-hydroxylation sites is 1. The number of hydrogen-bond donors (Lipinski definition) is 1. The minimum Gasteiger partial charge on any atom is -0.343 e. The largest absolute Gasteiger partial charge is 0.343 e. The van der Waals surface area contributed by atoms with Crippen LogP contribution < -0.4 is 5.32 Å². The monoisotopic (exact) mass is 445 g/mol. The van der Waals surface area contributed by atoms with Crippen molar-refractivity contribution in [2.24, 2.45) is 7.05 Å². The van der Waals surface area contributed by atoms with Crippen LogP contribution in [0.15, 0.2) is 36.5 Å². The Morgan fingerprint density at radius 2 is 1.88 bits per heavy atom. The van der Waals surface area contributed by atoms with E-state index in [1.54, 1.807) is 29.5 Å². The molecule has 0 atom stereocenters. The predicted molar refractivity (Wildman–Crippen MR) is 127 cm³/mol. The van der Waals surface area contributed by atoms with E-state index in [1.807, 2.05) is 52.1 Å². The Kier molecular flexibility index (Phi) is 5.71. The molecule has 0 unspecified atom stereocenters. The van der Waals surface area contributed by atoms with Crippen molar-refractivity contribution in [3.05, 3.63) is 59.2 Å². The number of benzene rings is 1. The van der Waals surface area contributed by atoms with E-state index >= 15 is 0 Å². The molecule has 33 heavy (non-hydrogen) atoms. The fourth-order valence-electron chi connectivity index (χ4n) is 3.98. The fraction of sp³-hybridized carbons (Fsp3) is 0.292. The summed E-state index contributed by atoms with van der Waals surface area (Å²) in [6.07, 6.45) is 1.51. The van der Waals surface area contributed by atoms with E-state index < -0.39 is 0 Å². The number of carbonyl (C=O) groups excluding carboxylic acids is 2. The summed E-state index contributed by atoms with van der Waals surface area (Å²) in [6, 6.07) is 9.30. The van der Waals surface area contributed by atoms with Gasteiger partial charge < -0.3 is 10.2 Å². The molecule has 0 aliphatic heterocycles. The molecule has 1 aromatic carbocycles. The lowest BCUT2D eigenvalue weighted by Crippen LogP contribution is -2.26. The maximum absolute atomic E-state index is 13.5. The number of carbonyl (C=O) groups is 2. The normalized spacial score (nSPS) is 11.1. The van der Waals surface area contributed by atoms with Crippen LogP contribution in [-0.2, 0) is 13.6 Å². The minimum atomic E-state index is -0.336. The highest BCUT2D eigenvalue weighted by Crippen LogP contribution is 2.30. The molecule has 0 spiro atoms. The van der Waals surface area contributed by atoms with E-state index in [9.17, 15) is 9.59 Å². The average Bonchev–Trinajstić information content (AvgIpc) is 3.31. The predicted octanol–water partition coefficient (Wildman–Crippen LogP) is 3.42. The summed E-state index contributed by atoms with van der Waals surface area (Å²) in [5.41, 5.74) is 5.26. The van der Waals surface area contributed by atoms with E-state index in [0.717, 1.165) is 22.3 Å². The SMILES string of the molecule is CCn1ncc(NC(=O)c2cc(-c3c(C)nn(C)c3C)nc3ccccc23)c1C(=O)N(C)C. The molecular formula is C24H27N7O2. The first-order valence-corrected chi connectivity index (χ1v) is 10.7. The van der Waals surface area contributed by atoms with Crippen LogP contribution in [0.5, 0.6) is 0 Å². The Balaban J connectivity index is 1.83. The van der Waals surface area contributed by atoms with E-state index in [2.05, 4.69) is 15.5 Å². The van der Waals surface area contributed by atoms with Crippen molar-refractivity contribution in [2.75, 3.05) is 19.4 Å². The Labute approximate surface area is 192 Å². The molecule has 0 fully saturated rings. The summed E-state index contributed by atoms with van der Waals surface area (Å²) >= 11 is 0. The molecule has 0 aliphatic rings. The van der Waals surface area contributed by atoms with Crippen LogP contribution in [0.3, 0.4) is 0 Å².